The van der Waals surface area contributed by atoms with E-state index < -0.39 is 0 Å². The average molecular weight is 271 g/mol. The maximum Gasteiger partial charge on any atom is 0.291 e. The highest BCUT2D eigenvalue weighted by atomic mass is 19.1. The third-order valence-corrected chi connectivity index (χ3v) is 2.68. The van der Waals surface area contributed by atoms with Crippen LogP contribution in [0.1, 0.15) is 10.6 Å². The Balaban J connectivity index is 1.81. The minimum Gasteiger partial charge on any atom is -0.459 e. The van der Waals surface area contributed by atoms with Crippen LogP contribution in [-0.2, 0) is 0 Å². The van der Waals surface area contributed by atoms with Crippen molar-refractivity contribution in [3.63, 3.8) is 0 Å². The van der Waals surface area contributed by atoms with E-state index >= 15 is 0 Å². The normalized spacial score (nSPS) is 10.4. The van der Waals surface area contributed by atoms with E-state index in [0.29, 0.717) is 11.4 Å². The number of benzene rings is 1. The molecule has 0 bridgehead atoms. The molecule has 0 spiro atoms. The molecule has 3 rings (SSSR count). The Morgan fingerprint density at radius 3 is 2.85 bits per heavy atom. The Morgan fingerprint density at radius 1 is 1.25 bits per heavy atom. The Hall–Kier alpha value is -2.89. The first-order valence-electron chi connectivity index (χ1n) is 5.88. The summed E-state index contributed by atoms with van der Waals surface area (Å²) < 4.78 is 19.9. The molecule has 0 aliphatic heterocycles. The molecule has 0 fully saturated rings. The smallest absolute Gasteiger partial charge is 0.291 e. The molecule has 0 aliphatic rings. The van der Waals surface area contributed by atoms with Crippen LogP contribution in [0.2, 0.25) is 0 Å². The van der Waals surface area contributed by atoms with Gasteiger partial charge >= 0.3 is 0 Å². The van der Waals surface area contributed by atoms with Gasteiger partial charge < -0.3 is 9.73 Å². The lowest BCUT2D eigenvalue weighted by Gasteiger charge is -2.02. The lowest BCUT2D eigenvalue weighted by molar-refractivity contribution is 0.0996. The fraction of sp³-hybridized carbons (Fsp3) is 0. The van der Waals surface area contributed by atoms with Crippen LogP contribution >= 0.6 is 0 Å². The molecule has 6 heteroatoms. The molecule has 0 unspecified atom stereocenters. The van der Waals surface area contributed by atoms with Crippen molar-refractivity contribution in [3.8, 4) is 5.69 Å². The third kappa shape index (κ3) is 2.31. The zero-order valence-electron chi connectivity index (χ0n) is 10.3. The SMILES string of the molecule is O=C(Nc1cnn(-c2ccccc2F)c1)c1ccco1. The first-order valence-corrected chi connectivity index (χ1v) is 5.88. The molecule has 1 amide bonds. The molecule has 0 aliphatic carbocycles. The summed E-state index contributed by atoms with van der Waals surface area (Å²) in [7, 11) is 0. The molecule has 0 radical (unpaired) electrons. The standard InChI is InChI=1S/C14H10FN3O2/c15-11-4-1-2-5-12(11)18-9-10(8-16-18)17-14(19)13-6-3-7-20-13/h1-9H,(H,17,19). The lowest BCUT2D eigenvalue weighted by Crippen LogP contribution is -2.10. The van der Waals surface area contributed by atoms with Crippen molar-refractivity contribution < 1.29 is 13.6 Å². The van der Waals surface area contributed by atoms with Crippen LogP contribution < -0.4 is 5.32 Å². The van der Waals surface area contributed by atoms with Crippen LogP contribution in [0, 0.1) is 5.82 Å². The van der Waals surface area contributed by atoms with Crippen LogP contribution in [-0.4, -0.2) is 15.7 Å². The van der Waals surface area contributed by atoms with Crippen molar-refractivity contribution in [1.29, 1.82) is 0 Å². The topological polar surface area (TPSA) is 60.1 Å². The lowest BCUT2D eigenvalue weighted by atomic mass is 10.3. The van der Waals surface area contributed by atoms with E-state index in [-0.39, 0.29) is 17.5 Å². The third-order valence-electron chi connectivity index (χ3n) is 2.68. The van der Waals surface area contributed by atoms with Crippen molar-refractivity contribution >= 4 is 11.6 Å². The van der Waals surface area contributed by atoms with Crippen molar-refractivity contribution in [2.75, 3.05) is 5.32 Å². The minimum absolute atomic E-state index is 0.198. The first kappa shape index (κ1) is 12.2. The molecule has 100 valence electrons. The van der Waals surface area contributed by atoms with Crippen LogP contribution in [0.25, 0.3) is 5.69 Å². The summed E-state index contributed by atoms with van der Waals surface area (Å²) >= 11 is 0. The molecule has 2 heterocycles. The second kappa shape index (κ2) is 5.00. The molecule has 0 atom stereocenters. The largest absolute Gasteiger partial charge is 0.459 e. The number of anilines is 1. The molecule has 1 aromatic carbocycles. The second-order valence-electron chi connectivity index (χ2n) is 4.06. The number of rotatable bonds is 3. The molecule has 0 saturated heterocycles. The summed E-state index contributed by atoms with van der Waals surface area (Å²) in [5.74, 6) is -0.578. The average Bonchev–Trinajstić information content (AvgIpc) is 3.10. The predicted octanol–water partition coefficient (Wildman–Crippen LogP) is 2.86. The number of hydrogen-bond donors (Lipinski definition) is 1. The number of carbonyl (C=O) groups is 1. The van der Waals surface area contributed by atoms with E-state index in [9.17, 15) is 9.18 Å². The van der Waals surface area contributed by atoms with Gasteiger partial charge in [-0.25, -0.2) is 9.07 Å². The zero-order valence-corrected chi connectivity index (χ0v) is 10.3. The molecule has 3 aromatic rings. The van der Waals surface area contributed by atoms with Crippen molar-refractivity contribution in [2.24, 2.45) is 0 Å². The maximum atomic E-state index is 13.6. The predicted molar refractivity (Wildman–Crippen MR) is 70.2 cm³/mol. The number of furan rings is 1. The van der Waals surface area contributed by atoms with E-state index in [2.05, 4.69) is 10.4 Å². The number of carbonyl (C=O) groups excluding carboxylic acids is 1. The summed E-state index contributed by atoms with van der Waals surface area (Å²) in [5, 5.41) is 6.63. The number of amides is 1. The maximum absolute atomic E-state index is 13.6. The van der Waals surface area contributed by atoms with Gasteiger partial charge in [-0.15, -0.1) is 0 Å². The minimum atomic E-state index is -0.389. The number of nitrogens with zero attached hydrogens (tertiary/aromatic N) is 2. The van der Waals surface area contributed by atoms with E-state index in [1.165, 1.54) is 29.4 Å². The molecule has 1 N–H and O–H groups in total. The second-order valence-corrected chi connectivity index (χ2v) is 4.06. The highest BCUT2D eigenvalue weighted by molar-refractivity contribution is 6.02. The molecule has 20 heavy (non-hydrogen) atoms. The number of hydrogen-bond acceptors (Lipinski definition) is 3. The van der Waals surface area contributed by atoms with Crippen molar-refractivity contribution in [2.45, 2.75) is 0 Å². The number of para-hydroxylation sites is 1. The Labute approximate surface area is 113 Å². The Morgan fingerprint density at radius 2 is 2.10 bits per heavy atom. The Bertz CT molecular complexity index is 734. The van der Waals surface area contributed by atoms with Crippen molar-refractivity contribution in [3.05, 3.63) is 66.6 Å². The van der Waals surface area contributed by atoms with Gasteiger partial charge in [-0.1, -0.05) is 12.1 Å². The summed E-state index contributed by atoms with van der Waals surface area (Å²) in [6, 6.07) is 9.43. The molecule has 0 saturated carbocycles. The van der Waals surface area contributed by atoms with Crippen LogP contribution in [0.4, 0.5) is 10.1 Å². The fourth-order valence-electron chi connectivity index (χ4n) is 1.76. The van der Waals surface area contributed by atoms with Gasteiger partial charge in [-0.2, -0.15) is 5.10 Å². The molecule has 5 nitrogen and oxygen atoms in total. The van der Waals surface area contributed by atoms with Gasteiger partial charge in [-0.05, 0) is 24.3 Å². The van der Waals surface area contributed by atoms with Crippen LogP contribution in [0.3, 0.4) is 0 Å². The monoisotopic (exact) mass is 271 g/mol. The molecule has 2 aromatic heterocycles. The first-order chi connectivity index (χ1) is 9.74. The summed E-state index contributed by atoms with van der Waals surface area (Å²) in [4.78, 5) is 11.8. The van der Waals surface area contributed by atoms with E-state index in [0.717, 1.165) is 0 Å². The zero-order chi connectivity index (χ0) is 13.9. The van der Waals surface area contributed by atoms with Gasteiger partial charge in [0.25, 0.3) is 5.91 Å². The summed E-state index contributed by atoms with van der Waals surface area (Å²) in [6.45, 7) is 0. The van der Waals surface area contributed by atoms with E-state index in [1.807, 2.05) is 0 Å². The quantitative estimate of drug-likeness (QED) is 0.796. The van der Waals surface area contributed by atoms with Gasteiger partial charge in [0.05, 0.1) is 24.3 Å². The summed E-state index contributed by atoms with van der Waals surface area (Å²) in [5.41, 5.74) is 0.764. The number of aromatic nitrogens is 2. The Kier molecular flexibility index (Phi) is 3.04. The molecular formula is C14H10FN3O2. The van der Waals surface area contributed by atoms with Gasteiger partial charge in [0.1, 0.15) is 11.5 Å². The van der Waals surface area contributed by atoms with Crippen LogP contribution in [0.15, 0.2) is 59.5 Å². The van der Waals surface area contributed by atoms with Crippen LogP contribution in [0.5, 0.6) is 0 Å². The summed E-state index contributed by atoms with van der Waals surface area (Å²) in [6.07, 6.45) is 4.38. The van der Waals surface area contributed by atoms with E-state index in [4.69, 9.17) is 4.42 Å². The van der Waals surface area contributed by atoms with Gasteiger partial charge in [0.15, 0.2) is 5.76 Å². The fourth-order valence-corrected chi connectivity index (χ4v) is 1.76. The van der Waals surface area contributed by atoms with Crippen molar-refractivity contribution in [1.82, 2.24) is 9.78 Å². The number of nitrogens with one attached hydrogen (secondary N) is 1. The highest BCUT2D eigenvalue weighted by Gasteiger charge is 2.11. The van der Waals surface area contributed by atoms with Gasteiger partial charge in [0.2, 0.25) is 0 Å². The number of halogens is 1. The van der Waals surface area contributed by atoms with Gasteiger partial charge in [-0.3, -0.25) is 4.79 Å². The van der Waals surface area contributed by atoms with Gasteiger partial charge in [0, 0.05) is 0 Å². The van der Waals surface area contributed by atoms with E-state index in [1.54, 1.807) is 30.3 Å². The highest BCUT2D eigenvalue weighted by Crippen LogP contribution is 2.15. The molecular weight excluding hydrogens is 261 g/mol.